The van der Waals surface area contributed by atoms with Crippen LogP contribution in [0.5, 0.6) is 0 Å². The summed E-state index contributed by atoms with van der Waals surface area (Å²) in [6.45, 7) is 3.32. The van der Waals surface area contributed by atoms with Gasteiger partial charge in [-0.2, -0.15) is 14.8 Å². The lowest BCUT2D eigenvalue weighted by molar-refractivity contribution is -0.145. The number of carbonyl (C=O) groups excluding carboxylic acids is 3. The van der Waals surface area contributed by atoms with E-state index in [4.69, 9.17) is 4.74 Å². The predicted octanol–water partition coefficient (Wildman–Crippen LogP) is -0.0258. The lowest BCUT2D eigenvalue weighted by atomic mass is 10.1. The van der Waals surface area contributed by atoms with E-state index < -0.39 is 11.8 Å². The van der Waals surface area contributed by atoms with Crippen molar-refractivity contribution in [1.29, 1.82) is 0 Å². The van der Waals surface area contributed by atoms with Crippen LogP contribution in [0.3, 0.4) is 0 Å². The molecule has 10 nitrogen and oxygen atoms in total. The monoisotopic (exact) mass is 372 g/mol. The number of nitrogens with zero attached hydrogens (tertiary/aromatic N) is 5. The minimum absolute atomic E-state index is 0.121. The Morgan fingerprint density at radius 2 is 2.04 bits per heavy atom. The van der Waals surface area contributed by atoms with E-state index in [9.17, 15) is 14.4 Å². The summed E-state index contributed by atoms with van der Waals surface area (Å²) in [5.74, 6) is -1.49. The van der Waals surface area contributed by atoms with E-state index in [2.05, 4.69) is 20.4 Å². The zero-order valence-corrected chi connectivity index (χ0v) is 15.0. The number of aryl methyl sites for hydroxylation is 1. The van der Waals surface area contributed by atoms with Crippen LogP contribution >= 0.6 is 0 Å². The molecule has 27 heavy (non-hydrogen) atoms. The zero-order valence-electron chi connectivity index (χ0n) is 15.0. The molecule has 2 aliphatic heterocycles. The Bertz CT molecular complexity index is 865. The Hall–Kier alpha value is -2.88. The summed E-state index contributed by atoms with van der Waals surface area (Å²) in [7, 11) is 0. The van der Waals surface area contributed by atoms with Gasteiger partial charge in [0.15, 0.2) is 0 Å². The normalized spacial score (nSPS) is 22.2. The van der Waals surface area contributed by atoms with Gasteiger partial charge in [0.25, 0.3) is 11.9 Å². The first-order valence-electron chi connectivity index (χ1n) is 8.98. The van der Waals surface area contributed by atoms with E-state index in [1.54, 1.807) is 13.0 Å². The van der Waals surface area contributed by atoms with E-state index in [1.807, 2.05) is 0 Å². The van der Waals surface area contributed by atoms with Gasteiger partial charge in [0, 0.05) is 24.9 Å². The number of morpholine rings is 1. The highest BCUT2D eigenvalue weighted by molar-refractivity contribution is 6.39. The first kappa shape index (κ1) is 17.5. The Labute approximate surface area is 155 Å². The first-order chi connectivity index (χ1) is 13.0. The maximum absolute atomic E-state index is 12.4. The van der Waals surface area contributed by atoms with Gasteiger partial charge in [-0.1, -0.05) is 0 Å². The van der Waals surface area contributed by atoms with Crippen molar-refractivity contribution in [2.75, 3.05) is 31.6 Å². The summed E-state index contributed by atoms with van der Waals surface area (Å²) in [4.78, 5) is 46.9. The topological polar surface area (TPSA) is 118 Å². The fourth-order valence-corrected chi connectivity index (χ4v) is 3.47. The fourth-order valence-electron chi connectivity index (χ4n) is 3.47. The highest BCUT2D eigenvalue weighted by Gasteiger charge is 2.34. The smallest absolute Gasteiger partial charge is 0.315 e. The van der Waals surface area contributed by atoms with Gasteiger partial charge in [-0.3, -0.25) is 14.4 Å². The molecule has 0 bridgehead atoms. The molecule has 3 aliphatic rings. The van der Waals surface area contributed by atoms with Crippen molar-refractivity contribution in [3.63, 3.8) is 0 Å². The van der Waals surface area contributed by atoms with Crippen LogP contribution < -0.4 is 5.32 Å². The number of hydrogen-bond acceptors (Lipinski definition) is 6. The van der Waals surface area contributed by atoms with Gasteiger partial charge < -0.3 is 15.0 Å². The Kier molecular flexibility index (Phi) is 4.56. The second-order valence-electron chi connectivity index (χ2n) is 6.74. The second kappa shape index (κ2) is 7.03. The van der Waals surface area contributed by atoms with Gasteiger partial charge in [-0.15, -0.1) is 0 Å². The third-order valence-corrected chi connectivity index (χ3v) is 4.83. The molecule has 3 heterocycles. The lowest BCUT2D eigenvalue weighted by Crippen LogP contribution is -2.46. The number of aromatic nitrogens is 2. The van der Waals surface area contributed by atoms with Crippen LogP contribution in [-0.2, 0) is 19.1 Å². The number of rotatable bonds is 1. The molecule has 1 N–H and O–H groups in total. The molecule has 3 amide bonds. The fraction of sp³-hybridized carbons (Fsp3) is 0.529. The number of nitrogens with one attached hydrogen (secondary N) is 1. The van der Waals surface area contributed by atoms with Crippen LogP contribution in [0.15, 0.2) is 16.1 Å². The maximum Gasteiger partial charge on any atom is 0.315 e. The molecule has 1 aromatic rings. The summed E-state index contributed by atoms with van der Waals surface area (Å²) < 4.78 is 6.50. The van der Waals surface area contributed by atoms with Gasteiger partial charge in [0.1, 0.15) is 5.82 Å². The van der Waals surface area contributed by atoms with Crippen molar-refractivity contribution in [3.8, 4) is 0 Å². The highest BCUT2D eigenvalue weighted by Crippen LogP contribution is 2.27. The quantitative estimate of drug-likeness (QED) is 0.695. The minimum atomic E-state index is -0.771. The average molecular weight is 372 g/mol. The number of ether oxygens (including phenoxy) is 1. The minimum Gasteiger partial charge on any atom is -0.378 e. The molecule has 10 heteroatoms. The standard InChI is InChI=1S/C17H20N6O4/c1-10-9-13(19-15(25)16(26)22-5-7-27-8-6-22)23(21-10)17-18-12-4-2-3-11(12)14(24)20-17/h9,11H,2-8H2,1H3,(H,19,25). The Balaban J connectivity index is 1.56. The molecule has 0 aromatic carbocycles. The predicted molar refractivity (Wildman–Crippen MR) is 95.6 cm³/mol. The van der Waals surface area contributed by atoms with Gasteiger partial charge in [0.05, 0.1) is 24.8 Å². The van der Waals surface area contributed by atoms with E-state index in [0.717, 1.165) is 25.0 Å². The van der Waals surface area contributed by atoms with E-state index in [0.29, 0.717) is 32.0 Å². The van der Waals surface area contributed by atoms with E-state index in [1.165, 1.54) is 9.58 Å². The zero-order chi connectivity index (χ0) is 19.0. The third-order valence-electron chi connectivity index (χ3n) is 4.83. The summed E-state index contributed by atoms with van der Waals surface area (Å²) in [5.41, 5.74) is 1.41. The molecule has 142 valence electrons. The average Bonchev–Trinajstić information content (AvgIpc) is 3.28. The molecular formula is C17H20N6O4. The van der Waals surface area contributed by atoms with Crippen LogP contribution in [0.4, 0.5) is 5.82 Å². The van der Waals surface area contributed by atoms with Crippen molar-refractivity contribution in [2.45, 2.75) is 26.2 Å². The molecular weight excluding hydrogens is 352 g/mol. The summed E-state index contributed by atoms with van der Waals surface area (Å²) >= 11 is 0. The lowest BCUT2D eigenvalue weighted by Gasteiger charge is -2.26. The first-order valence-corrected chi connectivity index (χ1v) is 8.98. The number of amides is 3. The summed E-state index contributed by atoms with van der Waals surface area (Å²) in [6.07, 6.45) is 2.44. The van der Waals surface area contributed by atoms with Gasteiger partial charge in [0.2, 0.25) is 0 Å². The van der Waals surface area contributed by atoms with Crippen LogP contribution in [0.2, 0.25) is 0 Å². The third kappa shape index (κ3) is 3.39. The van der Waals surface area contributed by atoms with Gasteiger partial charge >= 0.3 is 11.8 Å². The summed E-state index contributed by atoms with van der Waals surface area (Å²) in [5, 5.41) is 6.84. The second-order valence-corrected chi connectivity index (χ2v) is 6.74. The van der Waals surface area contributed by atoms with Crippen LogP contribution in [0.1, 0.15) is 25.0 Å². The van der Waals surface area contributed by atoms with Gasteiger partial charge in [-0.05, 0) is 26.2 Å². The van der Waals surface area contributed by atoms with Crippen molar-refractivity contribution in [3.05, 3.63) is 11.8 Å². The Morgan fingerprint density at radius 1 is 1.26 bits per heavy atom. The number of aliphatic imine (C=N–C) groups is 2. The molecule has 1 aliphatic carbocycles. The Morgan fingerprint density at radius 3 is 2.81 bits per heavy atom. The molecule has 1 saturated carbocycles. The molecule has 0 spiro atoms. The molecule has 1 saturated heterocycles. The van der Waals surface area contributed by atoms with Crippen molar-refractivity contribution < 1.29 is 19.1 Å². The highest BCUT2D eigenvalue weighted by atomic mass is 16.5. The molecule has 0 radical (unpaired) electrons. The maximum atomic E-state index is 12.4. The molecule has 1 aromatic heterocycles. The van der Waals surface area contributed by atoms with Crippen LogP contribution in [0.25, 0.3) is 0 Å². The number of fused-ring (bicyclic) bond motifs is 1. The largest absolute Gasteiger partial charge is 0.378 e. The van der Waals surface area contributed by atoms with Crippen LogP contribution in [0, 0.1) is 12.8 Å². The van der Waals surface area contributed by atoms with E-state index in [-0.39, 0.29) is 23.6 Å². The number of anilines is 1. The van der Waals surface area contributed by atoms with E-state index >= 15 is 0 Å². The van der Waals surface area contributed by atoms with Crippen molar-refractivity contribution in [2.24, 2.45) is 15.9 Å². The van der Waals surface area contributed by atoms with Crippen molar-refractivity contribution in [1.82, 2.24) is 14.7 Å². The van der Waals surface area contributed by atoms with Crippen LogP contribution in [-0.4, -0.2) is 70.4 Å². The molecule has 4 rings (SSSR count). The SMILES string of the molecule is Cc1cc(NC(=O)C(=O)N2CCOCC2)n(C2=NC(=O)C3CCCC3=N2)n1. The molecule has 1 unspecified atom stereocenters. The molecule has 2 fully saturated rings. The molecule has 1 atom stereocenters. The number of carbonyl (C=O) groups is 3. The summed E-state index contributed by atoms with van der Waals surface area (Å²) in [6, 6.07) is 1.61. The van der Waals surface area contributed by atoms with Gasteiger partial charge in [-0.25, -0.2) is 4.99 Å². The number of hydrogen-bond donors (Lipinski definition) is 1. The van der Waals surface area contributed by atoms with Crippen molar-refractivity contribution >= 4 is 35.2 Å².